The third kappa shape index (κ3) is 5.81. The molecule has 4 aromatic rings. The van der Waals surface area contributed by atoms with Crippen molar-refractivity contribution >= 4 is 49.0 Å². The smallest absolute Gasteiger partial charge is 0.282 e. The van der Waals surface area contributed by atoms with Gasteiger partial charge in [-0.05, 0) is 77.3 Å². The van der Waals surface area contributed by atoms with Crippen molar-refractivity contribution in [3.05, 3.63) is 84.8 Å². The highest BCUT2D eigenvalue weighted by Gasteiger charge is 2.17. The molecule has 0 bridgehead atoms. The molecule has 8 nitrogen and oxygen atoms in total. The molecule has 0 radical (unpaired) electrons. The van der Waals surface area contributed by atoms with Crippen molar-refractivity contribution in [1.29, 1.82) is 0 Å². The number of hydrogen-bond acceptors (Lipinski definition) is 7. The molecular formula is C29H27Br2N3O5. The number of aromatic nitrogens is 2. The van der Waals surface area contributed by atoms with Crippen molar-refractivity contribution in [3.8, 4) is 23.0 Å². The molecule has 2 heterocycles. The van der Waals surface area contributed by atoms with Crippen LogP contribution in [-0.4, -0.2) is 29.3 Å². The van der Waals surface area contributed by atoms with E-state index in [1.54, 1.807) is 12.3 Å². The Morgan fingerprint density at radius 3 is 2.64 bits per heavy atom. The topological polar surface area (TPSA) is 84.2 Å². The first-order valence-electron chi connectivity index (χ1n) is 12.6. The van der Waals surface area contributed by atoms with E-state index in [2.05, 4.69) is 43.9 Å². The maximum atomic E-state index is 13.5. The molecule has 0 aliphatic carbocycles. The number of ether oxygens (including phenoxy) is 4. The average Bonchev–Trinajstić information content (AvgIpc) is 3.41. The standard InChI is InChI=1S/C29H27Br2N3O5/c1-4-17(3)28-33-23-8-7-20(30)12-21(23)29(35)34(28)32-14-19-11-26(36-5-2)27(13-22(19)31)37-15-18-6-9-24-25(10-18)39-16-38-24/h6-14,17H,4-5,15-16H2,1-3H3/t17-/m0/s1. The molecule has 0 amide bonds. The molecule has 0 saturated heterocycles. The van der Waals surface area contributed by atoms with Crippen molar-refractivity contribution in [2.24, 2.45) is 5.10 Å². The van der Waals surface area contributed by atoms with Gasteiger partial charge >= 0.3 is 0 Å². The highest BCUT2D eigenvalue weighted by atomic mass is 79.9. The Labute approximate surface area is 242 Å². The predicted molar refractivity (Wildman–Crippen MR) is 158 cm³/mol. The van der Waals surface area contributed by atoms with Gasteiger partial charge in [-0.15, -0.1) is 0 Å². The zero-order valence-electron chi connectivity index (χ0n) is 21.7. The molecule has 0 saturated carbocycles. The van der Waals surface area contributed by atoms with Gasteiger partial charge in [0.25, 0.3) is 5.56 Å². The first-order valence-corrected chi connectivity index (χ1v) is 14.2. The fraction of sp³-hybridized carbons (Fsp3) is 0.276. The van der Waals surface area contributed by atoms with Gasteiger partial charge in [0.05, 0.1) is 23.7 Å². The van der Waals surface area contributed by atoms with E-state index in [4.69, 9.17) is 23.9 Å². The van der Waals surface area contributed by atoms with Gasteiger partial charge in [-0.1, -0.05) is 35.8 Å². The summed E-state index contributed by atoms with van der Waals surface area (Å²) in [6.45, 7) is 7.01. The van der Waals surface area contributed by atoms with Crippen LogP contribution >= 0.6 is 31.9 Å². The summed E-state index contributed by atoms with van der Waals surface area (Å²) in [5.41, 5.74) is 2.09. The maximum Gasteiger partial charge on any atom is 0.282 e. The number of hydrogen-bond donors (Lipinski definition) is 0. The van der Waals surface area contributed by atoms with Crippen LogP contribution in [0.3, 0.4) is 0 Å². The van der Waals surface area contributed by atoms with Gasteiger partial charge in [0.1, 0.15) is 12.4 Å². The highest BCUT2D eigenvalue weighted by Crippen LogP contribution is 2.36. The van der Waals surface area contributed by atoms with E-state index in [1.807, 2.05) is 56.3 Å². The number of benzene rings is 3. The molecule has 1 aliphatic heterocycles. The number of rotatable bonds is 9. The number of halogens is 2. The largest absolute Gasteiger partial charge is 0.490 e. The Morgan fingerprint density at radius 2 is 1.85 bits per heavy atom. The summed E-state index contributed by atoms with van der Waals surface area (Å²) < 4.78 is 25.8. The minimum absolute atomic E-state index is 0.0391. The Hall–Kier alpha value is -3.37. The van der Waals surface area contributed by atoms with E-state index in [9.17, 15) is 4.79 Å². The quantitative estimate of drug-likeness (QED) is 0.180. The minimum Gasteiger partial charge on any atom is -0.490 e. The van der Waals surface area contributed by atoms with Crippen LogP contribution in [0.15, 0.2) is 67.4 Å². The van der Waals surface area contributed by atoms with E-state index >= 15 is 0 Å². The summed E-state index contributed by atoms with van der Waals surface area (Å²) in [6, 6.07) is 14.9. The summed E-state index contributed by atoms with van der Waals surface area (Å²) in [5, 5.41) is 5.09. The molecule has 5 rings (SSSR count). The van der Waals surface area contributed by atoms with Crippen LogP contribution in [0.4, 0.5) is 0 Å². The fourth-order valence-corrected chi connectivity index (χ4v) is 4.91. The summed E-state index contributed by atoms with van der Waals surface area (Å²) in [4.78, 5) is 18.2. The molecule has 1 aliphatic rings. The van der Waals surface area contributed by atoms with Gasteiger partial charge < -0.3 is 18.9 Å². The van der Waals surface area contributed by atoms with E-state index in [0.717, 1.165) is 32.2 Å². The molecule has 3 aromatic carbocycles. The van der Waals surface area contributed by atoms with Gasteiger partial charge in [0.15, 0.2) is 23.0 Å². The highest BCUT2D eigenvalue weighted by molar-refractivity contribution is 9.10. The van der Waals surface area contributed by atoms with Crippen molar-refractivity contribution in [2.75, 3.05) is 13.4 Å². The Morgan fingerprint density at radius 1 is 1.05 bits per heavy atom. The van der Waals surface area contributed by atoms with Crippen LogP contribution in [0.1, 0.15) is 50.1 Å². The van der Waals surface area contributed by atoms with Crippen LogP contribution in [0.2, 0.25) is 0 Å². The lowest BCUT2D eigenvalue weighted by Crippen LogP contribution is -2.23. The molecule has 10 heteroatoms. The van der Waals surface area contributed by atoms with Crippen molar-refractivity contribution in [1.82, 2.24) is 9.66 Å². The van der Waals surface area contributed by atoms with Crippen LogP contribution < -0.4 is 24.5 Å². The second kappa shape index (κ2) is 11.8. The minimum atomic E-state index is -0.224. The monoisotopic (exact) mass is 655 g/mol. The third-order valence-electron chi connectivity index (χ3n) is 6.39. The lowest BCUT2D eigenvalue weighted by atomic mass is 10.1. The third-order valence-corrected chi connectivity index (χ3v) is 7.57. The zero-order valence-corrected chi connectivity index (χ0v) is 24.9. The summed E-state index contributed by atoms with van der Waals surface area (Å²) in [6.07, 6.45) is 2.45. The second-order valence-corrected chi connectivity index (χ2v) is 10.8. The van der Waals surface area contributed by atoms with Gasteiger partial charge in [0.2, 0.25) is 6.79 Å². The van der Waals surface area contributed by atoms with Gasteiger partial charge in [0, 0.05) is 20.4 Å². The molecule has 0 N–H and O–H groups in total. The number of fused-ring (bicyclic) bond motifs is 2. The van der Waals surface area contributed by atoms with Crippen molar-refractivity contribution < 1.29 is 18.9 Å². The molecule has 0 unspecified atom stereocenters. The van der Waals surface area contributed by atoms with Crippen LogP contribution in [0.25, 0.3) is 10.9 Å². The molecular weight excluding hydrogens is 630 g/mol. The van der Waals surface area contributed by atoms with Crippen molar-refractivity contribution in [3.63, 3.8) is 0 Å². The van der Waals surface area contributed by atoms with Crippen LogP contribution in [0.5, 0.6) is 23.0 Å². The Kier molecular flexibility index (Phi) is 8.23. The van der Waals surface area contributed by atoms with Crippen molar-refractivity contribution in [2.45, 2.75) is 39.7 Å². The summed E-state index contributed by atoms with van der Waals surface area (Å²) in [5.74, 6) is 3.23. The van der Waals surface area contributed by atoms with E-state index in [-0.39, 0.29) is 18.3 Å². The van der Waals surface area contributed by atoms with E-state index in [1.165, 1.54) is 4.68 Å². The second-order valence-electron chi connectivity index (χ2n) is 9.03. The predicted octanol–water partition coefficient (Wildman–Crippen LogP) is 7.02. The summed E-state index contributed by atoms with van der Waals surface area (Å²) >= 11 is 7.08. The van der Waals surface area contributed by atoms with E-state index in [0.29, 0.717) is 47.2 Å². The Bertz CT molecular complexity index is 1620. The molecule has 1 atom stereocenters. The van der Waals surface area contributed by atoms with Gasteiger partial charge in [-0.25, -0.2) is 4.98 Å². The van der Waals surface area contributed by atoms with E-state index < -0.39 is 0 Å². The first-order chi connectivity index (χ1) is 18.9. The maximum absolute atomic E-state index is 13.5. The molecule has 0 fully saturated rings. The lowest BCUT2D eigenvalue weighted by molar-refractivity contribution is 0.174. The normalized spacial score (nSPS) is 13.3. The zero-order chi connectivity index (χ0) is 27.5. The van der Waals surface area contributed by atoms with Crippen LogP contribution in [-0.2, 0) is 6.61 Å². The van der Waals surface area contributed by atoms with Gasteiger partial charge in [-0.2, -0.15) is 9.78 Å². The summed E-state index contributed by atoms with van der Waals surface area (Å²) in [7, 11) is 0. The van der Waals surface area contributed by atoms with Crippen LogP contribution in [0, 0.1) is 0 Å². The molecule has 1 aromatic heterocycles. The average molecular weight is 657 g/mol. The fourth-order valence-electron chi connectivity index (χ4n) is 4.12. The molecule has 39 heavy (non-hydrogen) atoms. The Balaban J connectivity index is 1.47. The lowest BCUT2D eigenvalue weighted by Gasteiger charge is -2.15. The number of nitrogens with zero attached hydrogens (tertiary/aromatic N) is 3. The van der Waals surface area contributed by atoms with Gasteiger partial charge in [-0.3, -0.25) is 4.79 Å². The molecule has 0 spiro atoms. The molecule has 202 valence electrons. The first kappa shape index (κ1) is 27.2. The SMILES string of the molecule is CCOc1cc(C=Nn2c([C@@H](C)CC)nc3ccc(Br)cc3c2=O)c(Br)cc1OCc1ccc2c(c1)OCO2.